The Labute approximate surface area is 178 Å². The van der Waals surface area contributed by atoms with Crippen molar-refractivity contribution in [2.24, 2.45) is 0 Å². The van der Waals surface area contributed by atoms with Crippen LogP contribution in [0.3, 0.4) is 0 Å². The van der Waals surface area contributed by atoms with E-state index in [9.17, 15) is 0 Å². The third kappa shape index (κ3) is 11.0. The summed E-state index contributed by atoms with van der Waals surface area (Å²) in [5.41, 5.74) is 1.13. The van der Waals surface area contributed by atoms with Crippen LogP contribution < -0.4 is 0 Å². The van der Waals surface area contributed by atoms with Gasteiger partial charge in [0.1, 0.15) is 15.8 Å². The summed E-state index contributed by atoms with van der Waals surface area (Å²) in [7, 11) is 0. The van der Waals surface area contributed by atoms with Crippen molar-refractivity contribution in [1.29, 1.82) is 0 Å². The maximum atomic E-state index is 4.97. The fraction of sp³-hybridized carbons (Fsp3) is 0.421. The molecule has 9 heteroatoms. The van der Waals surface area contributed by atoms with Gasteiger partial charge in [0.05, 0.1) is 16.2 Å². The van der Waals surface area contributed by atoms with Crippen molar-refractivity contribution < 1.29 is 4.42 Å². The molecule has 0 bridgehead atoms. The van der Waals surface area contributed by atoms with Crippen molar-refractivity contribution in [3.8, 4) is 0 Å². The molecule has 0 aliphatic rings. The van der Waals surface area contributed by atoms with Crippen molar-refractivity contribution in [2.75, 3.05) is 0 Å². The van der Waals surface area contributed by atoms with Crippen molar-refractivity contribution in [3.05, 3.63) is 60.0 Å². The van der Waals surface area contributed by atoms with Gasteiger partial charge in [0.15, 0.2) is 5.89 Å². The lowest BCUT2D eigenvalue weighted by atomic mass is 10.6. The molecule has 0 N–H and O–H groups in total. The van der Waals surface area contributed by atoms with Crippen LogP contribution in [0.2, 0.25) is 0 Å². The molecule has 0 aliphatic carbocycles. The molecule has 4 aromatic rings. The number of hydrogen-bond acceptors (Lipinski definition) is 9. The first-order chi connectivity index (χ1) is 13.2. The van der Waals surface area contributed by atoms with Gasteiger partial charge in [0.25, 0.3) is 0 Å². The minimum atomic E-state index is 0.734. The molecule has 0 radical (unpaired) electrons. The predicted octanol–water partition coefficient (Wildman–Crippen LogP) is 5.97. The Bertz CT molecular complexity index is 720. The van der Waals surface area contributed by atoms with Gasteiger partial charge in [-0.3, -0.25) is 0 Å². The van der Waals surface area contributed by atoms with Crippen molar-refractivity contribution in [3.63, 3.8) is 0 Å². The molecule has 0 fully saturated rings. The van der Waals surface area contributed by atoms with Gasteiger partial charge in [-0.15, -0.1) is 44.2 Å². The second kappa shape index (κ2) is 12.5. The fourth-order valence-corrected chi connectivity index (χ4v) is 3.66. The molecule has 4 heterocycles. The summed E-state index contributed by atoms with van der Waals surface area (Å²) >= 11 is 5.05. The van der Waals surface area contributed by atoms with Gasteiger partial charge in [-0.05, 0) is 48.5 Å². The molecule has 0 aliphatic heterocycles. The van der Waals surface area contributed by atoms with Crippen molar-refractivity contribution >= 4 is 34.0 Å². The van der Waals surface area contributed by atoms with Crippen LogP contribution in [-0.4, -0.2) is 25.1 Å². The van der Waals surface area contributed by atoms with E-state index in [1.54, 1.807) is 40.2 Å². The first-order valence-corrected chi connectivity index (χ1v) is 11.1. The topological polar surface area (TPSA) is 77.6 Å². The monoisotopic (exact) mass is 437 g/mol. The first kappa shape index (κ1) is 24.1. The summed E-state index contributed by atoms with van der Waals surface area (Å²) < 4.78 is 4.97. The lowest BCUT2D eigenvalue weighted by molar-refractivity contribution is 0.494. The van der Waals surface area contributed by atoms with Crippen LogP contribution in [0.25, 0.3) is 0 Å². The highest BCUT2D eigenvalue weighted by Gasteiger charge is 1.89. The van der Waals surface area contributed by atoms with E-state index < -0.39 is 0 Å². The van der Waals surface area contributed by atoms with Gasteiger partial charge < -0.3 is 4.42 Å². The molecule has 0 amide bonds. The van der Waals surface area contributed by atoms with Gasteiger partial charge in [0, 0.05) is 29.1 Å². The average molecular weight is 438 g/mol. The van der Waals surface area contributed by atoms with E-state index in [1.807, 2.05) is 54.7 Å². The minimum absolute atomic E-state index is 0.734. The molecule has 4 aromatic heterocycles. The molecular weight excluding hydrogens is 410 g/mol. The van der Waals surface area contributed by atoms with Gasteiger partial charge in [0.2, 0.25) is 0 Å². The zero-order valence-electron chi connectivity index (χ0n) is 17.6. The molecule has 6 nitrogen and oxygen atoms in total. The molecule has 0 unspecified atom stereocenters. The second-order valence-corrected chi connectivity index (χ2v) is 9.71. The largest absolute Gasteiger partial charge is 0.446 e. The Morgan fingerprint density at radius 1 is 0.714 bits per heavy atom. The molecule has 0 atom stereocenters. The zero-order chi connectivity index (χ0) is 21.1. The smallest absolute Gasteiger partial charge is 0.191 e. The Kier molecular flexibility index (Phi) is 10.7. The number of aryl methyl sites for hydroxylation is 8. The summed E-state index contributed by atoms with van der Waals surface area (Å²) in [5.74, 6) is 1.61. The Hall–Kier alpha value is -1.97. The van der Waals surface area contributed by atoms with Gasteiger partial charge >= 0.3 is 0 Å². The number of thiazole rings is 2. The molecule has 28 heavy (non-hydrogen) atoms. The summed E-state index contributed by atoms with van der Waals surface area (Å²) in [6.07, 6.45) is 3.59. The van der Waals surface area contributed by atoms with Crippen LogP contribution in [-0.2, 0) is 0 Å². The van der Waals surface area contributed by atoms with Crippen LogP contribution in [0.5, 0.6) is 0 Å². The van der Waals surface area contributed by atoms with E-state index in [0.29, 0.717) is 0 Å². The number of aromatic nitrogens is 5. The number of rotatable bonds is 0. The lowest BCUT2D eigenvalue weighted by Gasteiger charge is -1.73. The second-order valence-electron chi connectivity index (χ2n) is 5.83. The molecule has 0 spiro atoms. The number of nitrogens with zero attached hydrogens (tertiary/aromatic N) is 5. The highest BCUT2D eigenvalue weighted by Crippen LogP contribution is 2.08. The normalized spacial score (nSPS) is 9.43. The van der Waals surface area contributed by atoms with Crippen LogP contribution >= 0.6 is 34.0 Å². The number of oxazole rings is 1. The first-order valence-electron chi connectivity index (χ1n) is 8.59. The molecule has 0 aromatic carbocycles. The van der Waals surface area contributed by atoms with Crippen LogP contribution in [0.15, 0.2) is 22.2 Å². The Balaban J connectivity index is 0.000000187. The molecule has 0 saturated heterocycles. The standard InChI is InChI=1S/C5H7NO.2C5H7NS.C4H6N2S/c1-4-3-6-5(2)7-4;1-4-3-7-5(2)6-4;1-4-3-6-5(2)7-4;1-3-5-6-4(2)7-3/h3*3H,1-2H3;1-2H3. The molecule has 4 rings (SSSR count). The SMILES string of the molecule is Cc1cnc(C)o1.Cc1cnc(C)s1.Cc1csc(C)n1.Cc1nnc(C)s1. The molecule has 0 saturated carbocycles. The van der Waals surface area contributed by atoms with Crippen LogP contribution in [0, 0.1) is 55.4 Å². The van der Waals surface area contributed by atoms with Crippen LogP contribution in [0.4, 0.5) is 0 Å². The van der Waals surface area contributed by atoms with E-state index in [4.69, 9.17) is 4.42 Å². The summed E-state index contributed by atoms with van der Waals surface area (Å²) in [4.78, 5) is 13.3. The Morgan fingerprint density at radius 2 is 1.36 bits per heavy atom. The molecule has 152 valence electrons. The third-order valence-electron chi connectivity index (χ3n) is 2.83. The average Bonchev–Trinajstić information content (AvgIpc) is 3.37. The number of hydrogen-bond donors (Lipinski definition) is 0. The van der Waals surface area contributed by atoms with Crippen molar-refractivity contribution in [2.45, 2.75) is 55.4 Å². The maximum absolute atomic E-state index is 4.97. The van der Waals surface area contributed by atoms with E-state index >= 15 is 0 Å². The summed E-state index contributed by atoms with van der Waals surface area (Å²) in [6.45, 7) is 15.7. The lowest BCUT2D eigenvalue weighted by Crippen LogP contribution is -1.68. The van der Waals surface area contributed by atoms with Gasteiger partial charge in [-0.25, -0.2) is 15.0 Å². The molecular formula is C19H27N5OS3. The predicted molar refractivity (Wildman–Crippen MR) is 119 cm³/mol. The van der Waals surface area contributed by atoms with E-state index in [1.165, 1.54) is 4.88 Å². The summed E-state index contributed by atoms with van der Waals surface area (Å²) in [5, 5.41) is 14.0. The van der Waals surface area contributed by atoms with E-state index in [-0.39, 0.29) is 0 Å². The Morgan fingerprint density at radius 3 is 1.50 bits per heavy atom. The summed E-state index contributed by atoms with van der Waals surface area (Å²) in [6, 6.07) is 0. The van der Waals surface area contributed by atoms with Crippen molar-refractivity contribution in [1.82, 2.24) is 25.1 Å². The highest BCUT2D eigenvalue weighted by atomic mass is 32.1. The third-order valence-corrected chi connectivity index (χ3v) is 5.31. The van der Waals surface area contributed by atoms with Gasteiger partial charge in [-0.1, -0.05) is 0 Å². The van der Waals surface area contributed by atoms with E-state index in [2.05, 4.69) is 37.5 Å². The fourth-order valence-electron chi connectivity index (χ4n) is 1.80. The quantitative estimate of drug-likeness (QED) is 0.337. The highest BCUT2D eigenvalue weighted by molar-refractivity contribution is 7.11. The zero-order valence-corrected chi connectivity index (χ0v) is 20.1. The minimum Gasteiger partial charge on any atom is -0.446 e. The maximum Gasteiger partial charge on any atom is 0.191 e. The van der Waals surface area contributed by atoms with Gasteiger partial charge in [-0.2, -0.15) is 0 Å². The van der Waals surface area contributed by atoms with Crippen LogP contribution in [0.1, 0.15) is 42.3 Å². The van der Waals surface area contributed by atoms with E-state index in [0.717, 1.165) is 37.4 Å².